The van der Waals surface area contributed by atoms with E-state index in [0.29, 0.717) is 18.1 Å². The smallest absolute Gasteiger partial charge is 0.0990 e. The Morgan fingerprint density at radius 1 is 1.31 bits per heavy atom. The molecule has 0 bridgehead atoms. The van der Waals surface area contributed by atoms with Gasteiger partial charge in [0, 0.05) is 12.6 Å². The van der Waals surface area contributed by atoms with Gasteiger partial charge in [0.1, 0.15) is 0 Å². The summed E-state index contributed by atoms with van der Waals surface area (Å²) in [5, 5.41) is 3.29. The van der Waals surface area contributed by atoms with Crippen LogP contribution in [0.2, 0.25) is 0 Å². The molecule has 1 N–H and O–H groups in total. The van der Waals surface area contributed by atoms with Gasteiger partial charge in [0.2, 0.25) is 0 Å². The lowest BCUT2D eigenvalue weighted by Gasteiger charge is -2.45. The zero-order valence-corrected chi connectivity index (χ0v) is 11.3. The second-order valence-electron chi connectivity index (χ2n) is 5.09. The van der Waals surface area contributed by atoms with Crippen LogP contribution in [0.25, 0.3) is 0 Å². The molecule has 0 spiro atoms. The molecule has 4 atom stereocenters. The van der Waals surface area contributed by atoms with Crippen LogP contribution in [0, 0.1) is 5.92 Å². The molecule has 3 nitrogen and oxygen atoms in total. The fourth-order valence-electron chi connectivity index (χ4n) is 1.91. The first-order chi connectivity index (χ1) is 7.60. The lowest BCUT2D eigenvalue weighted by atomic mass is 9.85. The molecule has 1 fully saturated rings. The minimum atomic E-state index is 0.242. The minimum Gasteiger partial charge on any atom is -0.374 e. The zero-order valence-electron chi connectivity index (χ0n) is 11.3. The third kappa shape index (κ3) is 3.44. The summed E-state index contributed by atoms with van der Waals surface area (Å²) >= 11 is 0. The zero-order chi connectivity index (χ0) is 12.1. The van der Waals surface area contributed by atoms with Crippen molar-refractivity contribution in [3.05, 3.63) is 0 Å². The molecule has 0 aromatic heterocycles. The van der Waals surface area contributed by atoms with E-state index in [2.05, 4.69) is 33.0 Å². The van der Waals surface area contributed by atoms with E-state index in [1.54, 1.807) is 0 Å². The van der Waals surface area contributed by atoms with Crippen molar-refractivity contribution in [2.24, 2.45) is 5.92 Å². The van der Waals surface area contributed by atoms with Crippen LogP contribution in [0.15, 0.2) is 0 Å². The highest BCUT2D eigenvalue weighted by molar-refractivity contribution is 4.97. The van der Waals surface area contributed by atoms with E-state index in [1.165, 1.54) is 0 Å². The van der Waals surface area contributed by atoms with Crippen LogP contribution in [0.3, 0.4) is 0 Å². The van der Waals surface area contributed by atoms with Crippen LogP contribution in [0.1, 0.15) is 40.5 Å². The van der Waals surface area contributed by atoms with Crippen LogP contribution < -0.4 is 5.32 Å². The van der Waals surface area contributed by atoms with Crippen molar-refractivity contribution in [1.82, 2.24) is 5.32 Å². The molecule has 0 aromatic carbocycles. The predicted octanol–water partition coefficient (Wildman–Crippen LogP) is 2.20. The Hall–Kier alpha value is -0.120. The third-order valence-electron chi connectivity index (χ3n) is 3.46. The third-order valence-corrected chi connectivity index (χ3v) is 3.46. The summed E-state index contributed by atoms with van der Waals surface area (Å²) in [5.74, 6) is 0.570. The second-order valence-corrected chi connectivity index (χ2v) is 5.09. The Kier molecular flexibility index (Phi) is 5.73. The largest absolute Gasteiger partial charge is 0.374 e. The molecular formula is C13H27NO2. The Morgan fingerprint density at radius 3 is 2.50 bits per heavy atom. The van der Waals surface area contributed by atoms with Crippen LogP contribution in [-0.2, 0) is 9.47 Å². The minimum absolute atomic E-state index is 0.242. The van der Waals surface area contributed by atoms with Gasteiger partial charge in [0.25, 0.3) is 0 Å². The van der Waals surface area contributed by atoms with Crippen molar-refractivity contribution in [3.8, 4) is 0 Å². The molecule has 96 valence electrons. The maximum Gasteiger partial charge on any atom is 0.0990 e. The molecule has 0 saturated heterocycles. The van der Waals surface area contributed by atoms with Gasteiger partial charge in [-0.05, 0) is 32.7 Å². The summed E-state index contributed by atoms with van der Waals surface area (Å²) in [5.41, 5.74) is 0. The molecule has 0 aliphatic heterocycles. The van der Waals surface area contributed by atoms with Gasteiger partial charge < -0.3 is 14.8 Å². The highest BCUT2D eigenvalue weighted by atomic mass is 16.6. The molecule has 0 aromatic rings. The average molecular weight is 229 g/mol. The Morgan fingerprint density at radius 2 is 2.00 bits per heavy atom. The summed E-state index contributed by atoms with van der Waals surface area (Å²) in [6, 6.07) is 0.468. The van der Waals surface area contributed by atoms with Crippen molar-refractivity contribution in [3.63, 3.8) is 0 Å². The lowest BCUT2D eigenvalue weighted by Crippen LogP contribution is -2.60. The van der Waals surface area contributed by atoms with Gasteiger partial charge in [0.05, 0.1) is 18.3 Å². The van der Waals surface area contributed by atoms with Gasteiger partial charge in [0.15, 0.2) is 0 Å². The average Bonchev–Trinajstić information content (AvgIpc) is 2.23. The number of rotatable bonds is 7. The molecule has 16 heavy (non-hydrogen) atoms. The van der Waals surface area contributed by atoms with E-state index in [1.807, 2.05) is 7.05 Å². The first kappa shape index (κ1) is 13.9. The fraction of sp³-hybridized carbons (Fsp3) is 1.00. The monoisotopic (exact) mass is 229 g/mol. The standard InChI is InChI=1S/C13H27NO2/c1-6-7-15-13-11(14-5)8-12(13)16-10(4)9(2)3/h9-14H,6-8H2,1-5H3. The molecule has 0 amide bonds. The SMILES string of the molecule is CCCOC1C(NC)CC1OC(C)C(C)C. The Balaban J connectivity index is 2.36. The van der Waals surface area contributed by atoms with Gasteiger partial charge >= 0.3 is 0 Å². The van der Waals surface area contributed by atoms with Crippen molar-refractivity contribution in [2.75, 3.05) is 13.7 Å². The summed E-state index contributed by atoms with van der Waals surface area (Å²) in [6.07, 6.45) is 2.98. The number of nitrogens with one attached hydrogen (secondary N) is 1. The van der Waals surface area contributed by atoms with Crippen LogP contribution in [0.5, 0.6) is 0 Å². The van der Waals surface area contributed by atoms with Crippen molar-refractivity contribution in [1.29, 1.82) is 0 Å². The Bertz CT molecular complexity index is 196. The summed E-state index contributed by atoms with van der Waals surface area (Å²) in [4.78, 5) is 0. The van der Waals surface area contributed by atoms with E-state index in [0.717, 1.165) is 19.4 Å². The van der Waals surface area contributed by atoms with Crippen molar-refractivity contribution < 1.29 is 9.47 Å². The molecule has 1 aliphatic rings. The summed E-state index contributed by atoms with van der Waals surface area (Å²) in [7, 11) is 2.00. The van der Waals surface area contributed by atoms with E-state index >= 15 is 0 Å². The normalized spacial score (nSPS) is 31.5. The number of likely N-dealkylation sites (N-methyl/N-ethyl adjacent to an activating group) is 1. The predicted molar refractivity (Wildman–Crippen MR) is 66.7 cm³/mol. The van der Waals surface area contributed by atoms with E-state index < -0.39 is 0 Å². The van der Waals surface area contributed by atoms with E-state index in [-0.39, 0.29) is 12.2 Å². The maximum absolute atomic E-state index is 6.02. The van der Waals surface area contributed by atoms with Crippen LogP contribution in [0.4, 0.5) is 0 Å². The van der Waals surface area contributed by atoms with Crippen molar-refractivity contribution >= 4 is 0 Å². The molecule has 0 radical (unpaired) electrons. The first-order valence-corrected chi connectivity index (χ1v) is 6.54. The molecule has 3 heteroatoms. The fourth-order valence-corrected chi connectivity index (χ4v) is 1.91. The molecular weight excluding hydrogens is 202 g/mol. The van der Waals surface area contributed by atoms with E-state index in [9.17, 15) is 0 Å². The van der Waals surface area contributed by atoms with Gasteiger partial charge in [-0.25, -0.2) is 0 Å². The number of hydrogen-bond acceptors (Lipinski definition) is 3. The summed E-state index contributed by atoms with van der Waals surface area (Å²) < 4.78 is 11.9. The first-order valence-electron chi connectivity index (χ1n) is 6.54. The topological polar surface area (TPSA) is 30.5 Å². The maximum atomic E-state index is 6.02. The molecule has 1 saturated carbocycles. The quantitative estimate of drug-likeness (QED) is 0.726. The molecule has 4 unspecified atom stereocenters. The van der Waals surface area contributed by atoms with Gasteiger partial charge in [-0.3, -0.25) is 0 Å². The van der Waals surface area contributed by atoms with E-state index in [4.69, 9.17) is 9.47 Å². The van der Waals surface area contributed by atoms with Crippen LogP contribution in [-0.4, -0.2) is 38.0 Å². The summed E-state index contributed by atoms with van der Waals surface area (Å²) in [6.45, 7) is 9.51. The number of hydrogen-bond donors (Lipinski definition) is 1. The molecule has 1 rings (SSSR count). The van der Waals surface area contributed by atoms with Gasteiger partial charge in [-0.2, -0.15) is 0 Å². The van der Waals surface area contributed by atoms with Gasteiger partial charge in [-0.1, -0.05) is 20.8 Å². The highest BCUT2D eigenvalue weighted by Gasteiger charge is 2.42. The van der Waals surface area contributed by atoms with Crippen LogP contribution >= 0.6 is 0 Å². The highest BCUT2D eigenvalue weighted by Crippen LogP contribution is 2.29. The molecule has 0 heterocycles. The van der Waals surface area contributed by atoms with Gasteiger partial charge in [-0.15, -0.1) is 0 Å². The Labute approximate surface area is 99.9 Å². The number of ether oxygens (including phenoxy) is 2. The van der Waals surface area contributed by atoms with Crippen molar-refractivity contribution in [2.45, 2.75) is 64.9 Å². The molecule has 1 aliphatic carbocycles. The lowest BCUT2D eigenvalue weighted by molar-refractivity contribution is -0.170. The second kappa shape index (κ2) is 6.58.